The van der Waals surface area contributed by atoms with Crippen LogP contribution >= 0.6 is 11.3 Å². The van der Waals surface area contributed by atoms with Crippen LogP contribution in [0.4, 0.5) is 10.9 Å². The Balaban J connectivity index is 2.21. The van der Waals surface area contributed by atoms with Crippen LogP contribution in [0.3, 0.4) is 0 Å². The molecule has 0 spiro atoms. The van der Waals surface area contributed by atoms with Gasteiger partial charge in [0.2, 0.25) is 0 Å². The van der Waals surface area contributed by atoms with Gasteiger partial charge >= 0.3 is 0 Å². The summed E-state index contributed by atoms with van der Waals surface area (Å²) < 4.78 is 0. The Labute approximate surface area is 95.6 Å². The van der Waals surface area contributed by atoms with Crippen LogP contribution in [-0.4, -0.2) is 9.97 Å². The summed E-state index contributed by atoms with van der Waals surface area (Å²) in [5.74, 6) is 0.540. The Kier molecular flexibility index (Phi) is 2.77. The molecule has 16 heavy (non-hydrogen) atoms. The molecule has 0 atom stereocenters. The molecule has 2 aromatic heterocycles. The fourth-order valence-corrected chi connectivity index (χ4v) is 1.68. The highest BCUT2D eigenvalue weighted by atomic mass is 32.1. The fourth-order valence-electron chi connectivity index (χ4n) is 1.06. The van der Waals surface area contributed by atoms with Gasteiger partial charge in [-0.05, 0) is 12.1 Å². The number of thiazole rings is 1. The third-order valence-corrected chi connectivity index (χ3v) is 2.56. The molecule has 0 saturated heterocycles. The lowest BCUT2D eigenvalue weighted by Crippen LogP contribution is -1.92. The average Bonchev–Trinajstić information content (AvgIpc) is 2.77. The molecule has 2 aromatic rings. The normalized spacial score (nSPS) is 9.12. The van der Waals surface area contributed by atoms with Crippen molar-refractivity contribution in [3.8, 4) is 12.1 Å². The minimum atomic E-state index is 0.523. The maximum Gasteiger partial charge on any atom is 0.189 e. The summed E-state index contributed by atoms with van der Waals surface area (Å²) in [6.07, 6.45) is 3.03. The van der Waals surface area contributed by atoms with Crippen LogP contribution in [0.2, 0.25) is 0 Å². The first-order valence-corrected chi connectivity index (χ1v) is 5.12. The SMILES string of the molecule is N#Cc1ccnc(Nc2ncc(C#N)s2)c1. The van der Waals surface area contributed by atoms with Crippen LogP contribution < -0.4 is 5.32 Å². The van der Waals surface area contributed by atoms with Gasteiger partial charge in [-0.2, -0.15) is 10.5 Å². The highest BCUT2D eigenvalue weighted by Crippen LogP contribution is 2.20. The molecule has 0 aliphatic carbocycles. The molecule has 0 radical (unpaired) electrons. The predicted molar refractivity (Wildman–Crippen MR) is 59.1 cm³/mol. The molecule has 76 valence electrons. The third kappa shape index (κ3) is 2.14. The molecule has 0 aliphatic heterocycles. The van der Waals surface area contributed by atoms with E-state index in [9.17, 15) is 0 Å². The highest BCUT2D eigenvalue weighted by molar-refractivity contribution is 7.16. The second kappa shape index (κ2) is 4.39. The van der Waals surface area contributed by atoms with Crippen molar-refractivity contribution in [1.29, 1.82) is 10.5 Å². The zero-order chi connectivity index (χ0) is 11.4. The van der Waals surface area contributed by atoms with E-state index in [2.05, 4.69) is 15.3 Å². The van der Waals surface area contributed by atoms with Crippen molar-refractivity contribution in [2.75, 3.05) is 5.32 Å². The smallest absolute Gasteiger partial charge is 0.189 e. The average molecular weight is 227 g/mol. The van der Waals surface area contributed by atoms with Gasteiger partial charge in [-0.25, -0.2) is 9.97 Å². The molecule has 0 bridgehead atoms. The number of nitrogens with one attached hydrogen (secondary N) is 1. The van der Waals surface area contributed by atoms with Gasteiger partial charge in [-0.15, -0.1) is 0 Å². The molecular weight excluding hydrogens is 222 g/mol. The van der Waals surface area contributed by atoms with Crippen LogP contribution in [0.25, 0.3) is 0 Å². The molecular formula is C10H5N5S. The first kappa shape index (κ1) is 10.1. The maximum atomic E-state index is 8.71. The minimum Gasteiger partial charge on any atom is -0.316 e. The van der Waals surface area contributed by atoms with E-state index in [4.69, 9.17) is 10.5 Å². The van der Waals surface area contributed by atoms with E-state index in [1.807, 2.05) is 12.1 Å². The third-order valence-electron chi connectivity index (χ3n) is 1.74. The summed E-state index contributed by atoms with van der Waals surface area (Å²) in [4.78, 5) is 8.57. The van der Waals surface area contributed by atoms with Crippen molar-refractivity contribution < 1.29 is 0 Å². The zero-order valence-corrected chi connectivity index (χ0v) is 8.82. The number of nitriles is 2. The van der Waals surface area contributed by atoms with Crippen molar-refractivity contribution in [2.45, 2.75) is 0 Å². The number of hydrogen-bond acceptors (Lipinski definition) is 6. The van der Waals surface area contributed by atoms with Crippen molar-refractivity contribution in [3.05, 3.63) is 35.0 Å². The van der Waals surface area contributed by atoms with Crippen LogP contribution in [0.1, 0.15) is 10.4 Å². The van der Waals surface area contributed by atoms with E-state index in [0.29, 0.717) is 21.4 Å². The van der Waals surface area contributed by atoms with E-state index < -0.39 is 0 Å². The molecule has 0 saturated carbocycles. The first-order chi connectivity index (χ1) is 7.81. The summed E-state index contributed by atoms with van der Waals surface area (Å²) in [6.45, 7) is 0. The molecule has 2 heterocycles. The summed E-state index contributed by atoms with van der Waals surface area (Å²) in [6, 6.07) is 7.26. The molecule has 6 heteroatoms. The summed E-state index contributed by atoms with van der Waals surface area (Å²) >= 11 is 1.23. The van der Waals surface area contributed by atoms with Gasteiger partial charge in [0.15, 0.2) is 5.13 Å². The minimum absolute atomic E-state index is 0.523. The second-order valence-electron chi connectivity index (χ2n) is 2.81. The van der Waals surface area contributed by atoms with E-state index in [1.165, 1.54) is 17.5 Å². The van der Waals surface area contributed by atoms with Crippen LogP contribution in [-0.2, 0) is 0 Å². The van der Waals surface area contributed by atoms with Gasteiger partial charge in [0.25, 0.3) is 0 Å². The number of rotatable bonds is 2. The predicted octanol–water partition coefficient (Wildman–Crippen LogP) is 2.03. The summed E-state index contributed by atoms with van der Waals surface area (Å²) in [7, 11) is 0. The number of hydrogen-bond donors (Lipinski definition) is 1. The topological polar surface area (TPSA) is 85.4 Å². The van der Waals surface area contributed by atoms with Crippen molar-refractivity contribution in [3.63, 3.8) is 0 Å². The fraction of sp³-hybridized carbons (Fsp3) is 0. The Hall–Kier alpha value is -2.44. The lowest BCUT2D eigenvalue weighted by Gasteiger charge is -2.00. The van der Waals surface area contributed by atoms with Gasteiger partial charge in [0.1, 0.15) is 16.8 Å². The molecule has 0 aromatic carbocycles. The van der Waals surface area contributed by atoms with Gasteiger partial charge in [0, 0.05) is 6.20 Å². The van der Waals surface area contributed by atoms with E-state index in [-0.39, 0.29) is 0 Å². The quantitative estimate of drug-likeness (QED) is 0.848. The Bertz CT molecular complexity index is 590. The molecule has 0 amide bonds. The van der Waals surface area contributed by atoms with Crippen LogP contribution in [0.15, 0.2) is 24.5 Å². The van der Waals surface area contributed by atoms with Crippen molar-refractivity contribution >= 4 is 22.3 Å². The van der Waals surface area contributed by atoms with Crippen molar-refractivity contribution in [1.82, 2.24) is 9.97 Å². The van der Waals surface area contributed by atoms with Crippen LogP contribution in [0, 0.1) is 22.7 Å². The number of aromatic nitrogens is 2. The van der Waals surface area contributed by atoms with E-state index in [1.54, 1.807) is 18.3 Å². The van der Waals surface area contributed by atoms with Gasteiger partial charge in [-0.3, -0.25) is 0 Å². The molecule has 2 rings (SSSR count). The van der Waals surface area contributed by atoms with Gasteiger partial charge in [0.05, 0.1) is 17.8 Å². The Morgan fingerprint density at radius 1 is 1.25 bits per heavy atom. The van der Waals surface area contributed by atoms with Gasteiger partial charge in [-0.1, -0.05) is 11.3 Å². The largest absolute Gasteiger partial charge is 0.316 e. The van der Waals surface area contributed by atoms with E-state index >= 15 is 0 Å². The molecule has 1 N–H and O–H groups in total. The second-order valence-corrected chi connectivity index (χ2v) is 3.84. The Morgan fingerprint density at radius 2 is 2.12 bits per heavy atom. The number of nitrogens with zero attached hydrogens (tertiary/aromatic N) is 4. The van der Waals surface area contributed by atoms with Crippen molar-refractivity contribution in [2.24, 2.45) is 0 Å². The molecule has 5 nitrogen and oxygen atoms in total. The summed E-state index contributed by atoms with van der Waals surface area (Å²) in [5.41, 5.74) is 0.523. The number of pyridine rings is 1. The zero-order valence-electron chi connectivity index (χ0n) is 8.01. The Morgan fingerprint density at radius 3 is 2.81 bits per heavy atom. The molecule has 0 fully saturated rings. The molecule has 0 aliphatic rings. The lowest BCUT2D eigenvalue weighted by atomic mass is 10.3. The molecule has 0 unspecified atom stereocenters. The maximum absolute atomic E-state index is 8.71. The standard InChI is InChI=1S/C10H5N5S/c11-4-7-1-2-13-9(3-7)15-10-14-6-8(5-12)16-10/h1-3,6H,(H,13,14,15). The van der Waals surface area contributed by atoms with Crippen LogP contribution in [0.5, 0.6) is 0 Å². The highest BCUT2D eigenvalue weighted by Gasteiger charge is 2.02. The number of anilines is 2. The lowest BCUT2D eigenvalue weighted by molar-refractivity contribution is 1.27. The first-order valence-electron chi connectivity index (χ1n) is 4.31. The monoisotopic (exact) mass is 227 g/mol. The summed E-state index contributed by atoms with van der Waals surface area (Å²) in [5, 5.41) is 20.9. The van der Waals surface area contributed by atoms with E-state index in [0.717, 1.165) is 0 Å². The van der Waals surface area contributed by atoms with Gasteiger partial charge < -0.3 is 5.32 Å².